The number of aromatic nitrogens is 2. The standard InChI is InChI=1S/C9H10N2O2/c12-8(6-1-2-6)9(13)7-3-10-5-11-4-7/h3-6,8,12H,1-2H2. The topological polar surface area (TPSA) is 63.1 Å². The van der Waals surface area contributed by atoms with E-state index in [4.69, 9.17) is 0 Å². The van der Waals surface area contributed by atoms with Crippen molar-refractivity contribution in [2.75, 3.05) is 0 Å². The lowest BCUT2D eigenvalue weighted by molar-refractivity contribution is 0.0703. The molecule has 0 amide bonds. The Morgan fingerprint density at radius 3 is 2.62 bits per heavy atom. The van der Waals surface area contributed by atoms with E-state index >= 15 is 0 Å². The van der Waals surface area contributed by atoms with Gasteiger partial charge in [-0.2, -0.15) is 0 Å². The molecule has 1 aliphatic rings. The van der Waals surface area contributed by atoms with Gasteiger partial charge in [-0.3, -0.25) is 4.79 Å². The molecule has 0 saturated heterocycles. The molecule has 0 radical (unpaired) electrons. The fraction of sp³-hybridized carbons (Fsp3) is 0.444. The molecule has 4 heteroatoms. The minimum Gasteiger partial charge on any atom is -0.385 e. The summed E-state index contributed by atoms with van der Waals surface area (Å²) in [4.78, 5) is 18.9. The van der Waals surface area contributed by atoms with Crippen LogP contribution in [0.5, 0.6) is 0 Å². The lowest BCUT2D eigenvalue weighted by atomic mass is 10.1. The summed E-state index contributed by atoms with van der Waals surface area (Å²) in [6.07, 6.45) is 5.26. The first kappa shape index (κ1) is 8.31. The second kappa shape index (κ2) is 3.22. The van der Waals surface area contributed by atoms with E-state index in [2.05, 4.69) is 9.97 Å². The quantitative estimate of drug-likeness (QED) is 0.682. The van der Waals surface area contributed by atoms with Crippen LogP contribution in [-0.4, -0.2) is 27.0 Å². The number of rotatable bonds is 3. The highest BCUT2D eigenvalue weighted by Gasteiger charge is 2.35. The Morgan fingerprint density at radius 2 is 2.08 bits per heavy atom. The van der Waals surface area contributed by atoms with Crippen molar-refractivity contribution >= 4 is 5.78 Å². The average molecular weight is 178 g/mol. The van der Waals surface area contributed by atoms with E-state index in [-0.39, 0.29) is 11.7 Å². The van der Waals surface area contributed by atoms with Crippen molar-refractivity contribution in [1.29, 1.82) is 0 Å². The van der Waals surface area contributed by atoms with E-state index in [1.807, 2.05) is 0 Å². The second-order valence-corrected chi connectivity index (χ2v) is 3.27. The van der Waals surface area contributed by atoms with E-state index in [9.17, 15) is 9.90 Å². The minimum absolute atomic E-state index is 0.160. The molecule has 1 heterocycles. The summed E-state index contributed by atoms with van der Waals surface area (Å²) >= 11 is 0. The molecule has 1 aromatic heterocycles. The summed E-state index contributed by atoms with van der Waals surface area (Å²) in [5.74, 6) is -0.101. The van der Waals surface area contributed by atoms with Crippen LogP contribution in [0.15, 0.2) is 18.7 Å². The molecule has 4 nitrogen and oxygen atoms in total. The van der Waals surface area contributed by atoms with Crippen LogP contribution in [0, 0.1) is 5.92 Å². The molecule has 1 fully saturated rings. The van der Waals surface area contributed by atoms with E-state index in [1.165, 1.54) is 18.7 Å². The fourth-order valence-electron chi connectivity index (χ4n) is 1.22. The highest BCUT2D eigenvalue weighted by Crippen LogP contribution is 2.33. The summed E-state index contributed by atoms with van der Waals surface area (Å²) in [5, 5.41) is 9.51. The summed E-state index contributed by atoms with van der Waals surface area (Å²) in [5.41, 5.74) is 0.391. The highest BCUT2D eigenvalue weighted by atomic mass is 16.3. The average Bonchev–Trinajstić information content (AvgIpc) is 3.00. The van der Waals surface area contributed by atoms with E-state index in [1.54, 1.807) is 0 Å². The van der Waals surface area contributed by atoms with Crippen LogP contribution in [0.2, 0.25) is 0 Å². The maximum atomic E-state index is 11.5. The zero-order valence-corrected chi connectivity index (χ0v) is 7.05. The van der Waals surface area contributed by atoms with Gasteiger partial charge >= 0.3 is 0 Å². The Hall–Kier alpha value is -1.29. The van der Waals surface area contributed by atoms with E-state index < -0.39 is 6.10 Å². The van der Waals surface area contributed by atoms with Gasteiger partial charge in [0.1, 0.15) is 12.4 Å². The van der Waals surface area contributed by atoms with Crippen molar-refractivity contribution in [3.63, 3.8) is 0 Å². The van der Waals surface area contributed by atoms with Gasteiger partial charge in [-0.1, -0.05) is 0 Å². The number of hydrogen-bond acceptors (Lipinski definition) is 4. The van der Waals surface area contributed by atoms with Gasteiger partial charge in [0.05, 0.1) is 5.56 Å². The molecule has 1 unspecified atom stereocenters. The smallest absolute Gasteiger partial charge is 0.194 e. The van der Waals surface area contributed by atoms with Gasteiger partial charge in [0.2, 0.25) is 0 Å². The molecule has 0 spiro atoms. The van der Waals surface area contributed by atoms with Crippen LogP contribution in [0.3, 0.4) is 0 Å². The summed E-state index contributed by atoms with van der Waals surface area (Å²) < 4.78 is 0. The zero-order valence-electron chi connectivity index (χ0n) is 7.05. The molecule has 2 rings (SSSR count). The van der Waals surface area contributed by atoms with Crippen molar-refractivity contribution in [2.24, 2.45) is 5.92 Å². The molecule has 0 bridgehead atoms. The highest BCUT2D eigenvalue weighted by molar-refractivity contribution is 5.99. The maximum absolute atomic E-state index is 11.5. The van der Waals surface area contributed by atoms with Gasteiger partial charge in [-0.25, -0.2) is 9.97 Å². The lowest BCUT2D eigenvalue weighted by Crippen LogP contribution is -2.22. The number of ketones is 1. The summed E-state index contributed by atoms with van der Waals surface area (Å²) in [7, 11) is 0. The third-order valence-electron chi connectivity index (χ3n) is 2.18. The zero-order chi connectivity index (χ0) is 9.26. The van der Waals surface area contributed by atoms with Crippen LogP contribution < -0.4 is 0 Å². The summed E-state index contributed by atoms with van der Waals surface area (Å²) in [6.45, 7) is 0. The molecule has 1 N–H and O–H groups in total. The molecule has 68 valence electrons. The number of nitrogens with zero attached hydrogens (tertiary/aromatic N) is 2. The monoisotopic (exact) mass is 178 g/mol. The first-order chi connectivity index (χ1) is 6.29. The van der Waals surface area contributed by atoms with Crippen molar-refractivity contribution in [2.45, 2.75) is 18.9 Å². The maximum Gasteiger partial charge on any atom is 0.194 e. The Labute approximate surface area is 75.6 Å². The van der Waals surface area contributed by atoms with Crippen LogP contribution in [0.4, 0.5) is 0 Å². The van der Waals surface area contributed by atoms with Gasteiger partial charge in [0.25, 0.3) is 0 Å². The number of carbonyl (C=O) groups is 1. The normalized spacial score (nSPS) is 18.2. The van der Waals surface area contributed by atoms with Gasteiger partial charge in [0, 0.05) is 12.4 Å². The molecule has 1 atom stereocenters. The number of hydrogen-bond donors (Lipinski definition) is 1. The molecular formula is C9H10N2O2. The van der Waals surface area contributed by atoms with Gasteiger partial charge < -0.3 is 5.11 Å². The SMILES string of the molecule is O=C(c1cncnc1)C(O)C1CC1. The molecule has 1 saturated carbocycles. The minimum atomic E-state index is -0.856. The van der Waals surface area contributed by atoms with Crippen LogP contribution in [-0.2, 0) is 0 Å². The van der Waals surface area contributed by atoms with E-state index in [0.29, 0.717) is 5.56 Å². The molecule has 0 aliphatic heterocycles. The number of Topliss-reactive ketones (excluding diaryl/α,β-unsaturated/α-hetero) is 1. The third-order valence-corrected chi connectivity index (χ3v) is 2.18. The lowest BCUT2D eigenvalue weighted by Gasteiger charge is -2.06. The molecule has 1 aliphatic carbocycles. The predicted molar refractivity (Wildman–Crippen MR) is 45.1 cm³/mol. The van der Waals surface area contributed by atoms with Crippen molar-refractivity contribution in [1.82, 2.24) is 9.97 Å². The van der Waals surface area contributed by atoms with Gasteiger partial charge in [-0.05, 0) is 18.8 Å². The van der Waals surface area contributed by atoms with Crippen molar-refractivity contribution in [3.05, 3.63) is 24.3 Å². The van der Waals surface area contributed by atoms with Crippen LogP contribution >= 0.6 is 0 Å². The van der Waals surface area contributed by atoms with Crippen LogP contribution in [0.25, 0.3) is 0 Å². The van der Waals surface area contributed by atoms with Crippen molar-refractivity contribution in [3.8, 4) is 0 Å². The number of aliphatic hydroxyl groups excluding tert-OH is 1. The van der Waals surface area contributed by atoms with Gasteiger partial charge in [-0.15, -0.1) is 0 Å². The summed E-state index contributed by atoms with van der Waals surface area (Å²) in [6, 6.07) is 0. The largest absolute Gasteiger partial charge is 0.385 e. The Kier molecular flexibility index (Phi) is 2.06. The first-order valence-electron chi connectivity index (χ1n) is 4.26. The molecular weight excluding hydrogens is 168 g/mol. The first-order valence-corrected chi connectivity index (χ1v) is 4.26. The van der Waals surface area contributed by atoms with Gasteiger partial charge in [0.15, 0.2) is 5.78 Å². The molecule has 13 heavy (non-hydrogen) atoms. The van der Waals surface area contributed by atoms with Crippen molar-refractivity contribution < 1.29 is 9.90 Å². The van der Waals surface area contributed by atoms with Crippen LogP contribution in [0.1, 0.15) is 23.2 Å². The Bertz CT molecular complexity index is 309. The number of carbonyl (C=O) groups excluding carboxylic acids is 1. The molecule has 0 aromatic carbocycles. The number of aliphatic hydroxyl groups is 1. The Balaban J connectivity index is 2.12. The Morgan fingerprint density at radius 1 is 1.46 bits per heavy atom. The van der Waals surface area contributed by atoms with E-state index in [0.717, 1.165) is 12.8 Å². The second-order valence-electron chi connectivity index (χ2n) is 3.27. The predicted octanol–water partition coefficient (Wildman–Crippen LogP) is 0.430. The fourth-order valence-corrected chi connectivity index (χ4v) is 1.22. The molecule has 1 aromatic rings. The third kappa shape index (κ3) is 1.72.